The first kappa shape index (κ1) is 17.3. The van der Waals surface area contributed by atoms with Gasteiger partial charge in [-0.25, -0.2) is 0 Å². The van der Waals surface area contributed by atoms with Crippen molar-refractivity contribution >= 4 is 28.4 Å². The van der Waals surface area contributed by atoms with Gasteiger partial charge in [-0.05, 0) is 37.1 Å². The zero-order valence-corrected chi connectivity index (χ0v) is 15.0. The minimum atomic E-state index is -0.115. The number of carbonyl (C=O) groups excluding carboxylic acids is 1. The number of nitrogens with one attached hydrogen (secondary N) is 1. The highest BCUT2D eigenvalue weighted by Gasteiger charge is 2.22. The fraction of sp³-hybridized carbons (Fsp3) is 0.500. The van der Waals surface area contributed by atoms with Crippen molar-refractivity contribution in [1.29, 1.82) is 0 Å². The van der Waals surface area contributed by atoms with Crippen LogP contribution in [-0.2, 0) is 23.0 Å². The van der Waals surface area contributed by atoms with Crippen LogP contribution in [-0.4, -0.2) is 54.3 Å². The first-order chi connectivity index (χ1) is 11.6. The molecule has 1 aromatic carbocycles. The maximum absolute atomic E-state index is 12.3. The molecule has 6 heteroatoms. The Balaban J connectivity index is 1.58. The van der Waals surface area contributed by atoms with Crippen LogP contribution in [0.1, 0.15) is 12.5 Å². The van der Waals surface area contributed by atoms with E-state index < -0.39 is 0 Å². The van der Waals surface area contributed by atoms with E-state index in [-0.39, 0.29) is 11.9 Å². The molecule has 1 aliphatic heterocycles. The number of fused-ring (bicyclic) bond motifs is 1. The van der Waals surface area contributed by atoms with Crippen LogP contribution in [0.25, 0.3) is 10.9 Å². The number of morpholine rings is 1. The Bertz CT molecular complexity index is 722. The summed E-state index contributed by atoms with van der Waals surface area (Å²) in [5.41, 5.74) is 2.36. The van der Waals surface area contributed by atoms with Crippen LogP contribution in [0.3, 0.4) is 0 Å². The fourth-order valence-corrected chi connectivity index (χ4v) is 3.42. The maximum atomic E-state index is 12.3. The largest absolute Gasteiger partial charge is 0.379 e. The van der Waals surface area contributed by atoms with Gasteiger partial charge in [0.15, 0.2) is 0 Å². The summed E-state index contributed by atoms with van der Waals surface area (Å²) in [5.74, 6) is 0.0789. The van der Waals surface area contributed by atoms with Crippen LogP contribution >= 0.6 is 11.6 Å². The van der Waals surface area contributed by atoms with Crippen molar-refractivity contribution in [3.63, 3.8) is 0 Å². The van der Waals surface area contributed by atoms with Gasteiger partial charge >= 0.3 is 0 Å². The van der Waals surface area contributed by atoms with E-state index in [1.165, 1.54) is 5.56 Å². The topological polar surface area (TPSA) is 46.5 Å². The van der Waals surface area contributed by atoms with Gasteiger partial charge in [0.1, 0.15) is 0 Å². The average Bonchev–Trinajstić information content (AvgIpc) is 2.90. The second-order valence-corrected chi connectivity index (χ2v) is 6.73. The molecule has 1 amide bonds. The van der Waals surface area contributed by atoms with Crippen molar-refractivity contribution in [2.24, 2.45) is 7.05 Å². The Hall–Kier alpha value is -1.56. The van der Waals surface area contributed by atoms with Crippen molar-refractivity contribution in [3.05, 3.63) is 35.0 Å². The molecule has 2 heterocycles. The number of hydrogen-bond donors (Lipinski definition) is 1. The third kappa shape index (κ3) is 3.74. The number of halogens is 1. The van der Waals surface area contributed by atoms with Crippen molar-refractivity contribution in [2.75, 3.05) is 32.8 Å². The van der Waals surface area contributed by atoms with Crippen molar-refractivity contribution in [3.8, 4) is 0 Å². The van der Waals surface area contributed by atoms with Crippen LogP contribution in [0.5, 0.6) is 0 Å². The summed E-state index contributed by atoms with van der Waals surface area (Å²) >= 11 is 6.12. The molecule has 1 fully saturated rings. The zero-order chi connectivity index (χ0) is 17.1. The van der Waals surface area contributed by atoms with Crippen LogP contribution < -0.4 is 5.32 Å². The van der Waals surface area contributed by atoms with E-state index in [9.17, 15) is 4.79 Å². The lowest BCUT2D eigenvalue weighted by Gasteiger charge is -2.31. The van der Waals surface area contributed by atoms with Crippen LogP contribution in [0.15, 0.2) is 24.4 Å². The van der Waals surface area contributed by atoms with Crippen LogP contribution in [0.4, 0.5) is 0 Å². The number of aryl methyl sites for hydroxylation is 1. The summed E-state index contributed by atoms with van der Waals surface area (Å²) in [6, 6.07) is 5.81. The molecule has 5 nitrogen and oxygen atoms in total. The highest BCUT2D eigenvalue weighted by Crippen LogP contribution is 2.24. The standard InChI is InChI=1S/C18H24ClN3O2/c1-13(22-7-9-24-10-8-22)18(23)20-6-5-14-12-21(2)17-4-3-15(19)11-16(14)17/h3-4,11-13H,5-10H2,1-2H3,(H,20,23). The summed E-state index contributed by atoms with van der Waals surface area (Å²) in [6.07, 6.45) is 2.90. The molecule has 130 valence electrons. The molecule has 1 aromatic heterocycles. The zero-order valence-electron chi connectivity index (χ0n) is 14.2. The van der Waals surface area contributed by atoms with E-state index in [0.717, 1.165) is 35.4 Å². The molecule has 1 N–H and O–H groups in total. The molecular formula is C18H24ClN3O2. The van der Waals surface area contributed by atoms with Gasteiger partial charge in [0.2, 0.25) is 5.91 Å². The first-order valence-corrected chi connectivity index (χ1v) is 8.77. The number of ether oxygens (including phenoxy) is 1. The normalized spacial score (nSPS) is 17.1. The lowest BCUT2D eigenvalue weighted by atomic mass is 10.1. The number of benzene rings is 1. The minimum Gasteiger partial charge on any atom is -0.379 e. The molecule has 1 unspecified atom stereocenters. The van der Waals surface area contributed by atoms with E-state index in [2.05, 4.69) is 21.0 Å². The Morgan fingerprint density at radius 2 is 2.12 bits per heavy atom. The average molecular weight is 350 g/mol. The van der Waals surface area contributed by atoms with Gasteiger partial charge < -0.3 is 14.6 Å². The second-order valence-electron chi connectivity index (χ2n) is 6.29. The maximum Gasteiger partial charge on any atom is 0.237 e. The minimum absolute atomic E-state index is 0.0789. The summed E-state index contributed by atoms with van der Waals surface area (Å²) in [4.78, 5) is 14.5. The fourth-order valence-electron chi connectivity index (χ4n) is 3.24. The molecule has 1 aliphatic rings. The smallest absolute Gasteiger partial charge is 0.237 e. The van der Waals surface area contributed by atoms with E-state index in [0.29, 0.717) is 19.8 Å². The molecule has 0 bridgehead atoms. The number of aromatic nitrogens is 1. The highest BCUT2D eigenvalue weighted by atomic mass is 35.5. The second kappa shape index (κ2) is 7.55. The molecule has 0 radical (unpaired) electrons. The lowest BCUT2D eigenvalue weighted by molar-refractivity contribution is -0.127. The first-order valence-electron chi connectivity index (χ1n) is 8.39. The quantitative estimate of drug-likeness (QED) is 0.900. The molecule has 0 spiro atoms. The molecule has 2 aromatic rings. The van der Waals surface area contributed by atoms with E-state index in [1.54, 1.807) is 0 Å². The van der Waals surface area contributed by atoms with Gasteiger partial charge in [0.25, 0.3) is 0 Å². The van der Waals surface area contributed by atoms with Gasteiger partial charge in [0, 0.05) is 48.8 Å². The lowest BCUT2D eigenvalue weighted by Crippen LogP contribution is -2.49. The third-order valence-electron chi connectivity index (χ3n) is 4.70. The predicted molar refractivity (Wildman–Crippen MR) is 96.5 cm³/mol. The Morgan fingerprint density at radius 1 is 1.38 bits per heavy atom. The van der Waals surface area contributed by atoms with Crippen molar-refractivity contribution in [1.82, 2.24) is 14.8 Å². The van der Waals surface area contributed by atoms with Gasteiger partial charge in [-0.15, -0.1) is 0 Å². The van der Waals surface area contributed by atoms with E-state index in [1.807, 2.05) is 32.2 Å². The number of amides is 1. The predicted octanol–water partition coefficient (Wildman–Crippen LogP) is 2.21. The third-order valence-corrected chi connectivity index (χ3v) is 4.94. The SMILES string of the molecule is CC(C(=O)NCCc1cn(C)c2ccc(Cl)cc12)N1CCOCC1. The Morgan fingerprint density at radius 3 is 2.88 bits per heavy atom. The molecule has 3 rings (SSSR count). The summed E-state index contributed by atoms with van der Waals surface area (Å²) < 4.78 is 7.43. The van der Waals surface area contributed by atoms with E-state index >= 15 is 0 Å². The highest BCUT2D eigenvalue weighted by molar-refractivity contribution is 6.31. The summed E-state index contributed by atoms with van der Waals surface area (Å²) in [5, 5.41) is 4.94. The number of hydrogen-bond acceptors (Lipinski definition) is 3. The molecule has 0 aliphatic carbocycles. The molecule has 24 heavy (non-hydrogen) atoms. The number of nitrogens with zero attached hydrogens (tertiary/aromatic N) is 2. The van der Waals surface area contributed by atoms with Crippen LogP contribution in [0.2, 0.25) is 5.02 Å². The van der Waals surface area contributed by atoms with Crippen molar-refractivity contribution < 1.29 is 9.53 Å². The van der Waals surface area contributed by atoms with Gasteiger partial charge in [0.05, 0.1) is 19.3 Å². The van der Waals surface area contributed by atoms with Gasteiger partial charge in [-0.2, -0.15) is 0 Å². The number of rotatable bonds is 5. The molecule has 1 saturated heterocycles. The Kier molecular flexibility index (Phi) is 5.43. The molecule has 1 atom stereocenters. The summed E-state index contributed by atoms with van der Waals surface area (Å²) in [6.45, 7) is 5.62. The van der Waals surface area contributed by atoms with Crippen LogP contribution in [0, 0.1) is 0 Å². The Labute approximate surface area is 147 Å². The molecular weight excluding hydrogens is 326 g/mol. The summed E-state index contributed by atoms with van der Waals surface area (Å²) in [7, 11) is 2.03. The molecule has 0 saturated carbocycles. The van der Waals surface area contributed by atoms with Crippen molar-refractivity contribution in [2.45, 2.75) is 19.4 Å². The number of carbonyl (C=O) groups is 1. The van der Waals surface area contributed by atoms with Gasteiger partial charge in [-0.1, -0.05) is 11.6 Å². The monoisotopic (exact) mass is 349 g/mol. The van der Waals surface area contributed by atoms with E-state index in [4.69, 9.17) is 16.3 Å². The van der Waals surface area contributed by atoms with Gasteiger partial charge in [-0.3, -0.25) is 9.69 Å².